The Morgan fingerprint density at radius 2 is 1.81 bits per heavy atom. The van der Waals surface area contributed by atoms with Crippen LogP contribution in [-0.4, -0.2) is 48.7 Å². The number of anilines is 1. The number of fused-ring (bicyclic) bond motifs is 1. The summed E-state index contributed by atoms with van der Waals surface area (Å²) in [6.07, 6.45) is 0. The van der Waals surface area contributed by atoms with Gasteiger partial charge in [-0.25, -0.2) is 4.98 Å². The van der Waals surface area contributed by atoms with Gasteiger partial charge in [0.05, 0.1) is 15.8 Å². The zero-order chi connectivity index (χ0) is 18.5. The fourth-order valence-corrected chi connectivity index (χ4v) is 4.42. The minimum atomic E-state index is 0.0162. The van der Waals surface area contributed by atoms with Gasteiger partial charge >= 0.3 is 0 Å². The van der Waals surface area contributed by atoms with E-state index >= 15 is 0 Å². The van der Waals surface area contributed by atoms with Crippen molar-refractivity contribution in [3.8, 4) is 0 Å². The van der Waals surface area contributed by atoms with E-state index in [0.717, 1.165) is 38.1 Å². The van der Waals surface area contributed by atoms with Crippen molar-refractivity contribution in [3.63, 3.8) is 0 Å². The van der Waals surface area contributed by atoms with E-state index in [0.29, 0.717) is 6.54 Å². The molecule has 0 aliphatic heterocycles. The molecule has 136 valence electrons. The zero-order valence-corrected chi connectivity index (χ0v) is 16.9. The third-order valence-corrected chi connectivity index (χ3v) is 5.96. The number of hydrogen-bond donors (Lipinski definition) is 0. The number of para-hydroxylation sites is 1. The van der Waals surface area contributed by atoms with Crippen LogP contribution in [-0.2, 0) is 0 Å². The molecule has 0 aliphatic rings. The lowest BCUT2D eigenvalue weighted by molar-refractivity contribution is 0.0982. The molecule has 3 rings (SSSR count). The van der Waals surface area contributed by atoms with Gasteiger partial charge in [0, 0.05) is 18.0 Å². The smallest absolute Gasteiger partial charge is 0.261 e. The van der Waals surface area contributed by atoms with Gasteiger partial charge in [-0.1, -0.05) is 42.5 Å². The molecule has 4 nitrogen and oxygen atoms in total. The number of thiazole rings is 1. The number of thioether (sulfide) groups is 1. The van der Waals surface area contributed by atoms with Crippen LogP contribution in [0, 0.1) is 0 Å². The minimum Gasteiger partial charge on any atom is -0.308 e. The second-order valence-electron chi connectivity index (χ2n) is 6.15. The highest BCUT2D eigenvalue weighted by molar-refractivity contribution is 7.99. The number of likely N-dealkylation sites (N-methyl/N-ethyl adjacent to an activating group) is 1. The molecule has 0 fully saturated rings. The lowest BCUT2D eigenvalue weighted by Gasteiger charge is -2.23. The molecule has 1 amide bonds. The summed E-state index contributed by atoms with van der Waals surface area (Å²) >= 11 is 3.27. The Bertz CT molecular complexity index is 858. The van der Waals surface area contributed by atoms with Gasteiger partial charge in [-0.3, -0.25) is 9.69 Å². The first kappa shape index (κ1) is 18.9. The molecule has 0 saturated heterocycles. The van der Waals surface area contributed by atoms with Crippen LogP contribution in [0.5, 0.6) is 0 Å². The van der Waals surface area contributed by atoms with Gasteiger partial charge in [0.2, 0.25) is 0 Å². The maximum atomic E-state index is 13.4. The number of carbonyl (C=O) groups is 1. The zero-order valence-electron chi connectivity index (χ0n) is 15.3. The number of carbonyl (C=O) groups excluding carboxylic acids is 1. The largest absolute Gasteiger partial charge is 0.308 e. The average Bonchev–Trinajstić information content (AvgIpc) is 3.06. The van der Waals surface area contributed by atoms with E-state index in [1.54, 1.807) is 23.1 Å². The molecule has 6 heteroatoms. The van der Waals surface area contributed by atoms with Crippen LogP contribution in [0.4, 0.5) is 5.13 Å². The van der Waals surface area contributed by atoms with Crippen molar-refractivity contribution >= 4 is 44.4 Å². The fraction of sp³-hybridized carbons (Fsp3) is 0.300. The summed E-state index contributed by atoms with van der Waals surface area (Å²) in [5.41, 5.74) is 1.68. The molecule has 0 bridgehead atoms. The van der Waals surface area contributed by atoms with Gasteiger partial charge in [0.15, 0.2) is 5.13 Å². The van der Waals surface area contributed by atoms with Gasteiger partial charge < -0.3 is 4.90 Å². The molecule has 0 atom stereocenters. The van der Waals surface area contributed by atoms with E-state index in [1.165, 1.54) is 0 Å². The molecule has 0 unspecified atom stereocenters. The Kier molecular flexibility index (Phi) is 6.29. The highest BCUT2D eigenvalue weighted by Gasteiger charge is 2.23. The van der Waals surface area contributed by atoms with Gasteiger partial charge in [-0.05, 0) is 44.1 Å². The normalized spacial score (nSPS) is 11.2. The summed E-state index contributed by atoms with van der Waals surface area (Å²) in [4.78, 5) is 23.0. The number of benzene rings is 2. The van der Waals surface area contributed by atoms with Crippen molar-refractivity contribution in [2.45, 2.75) is 11.8 Å². The molecule has 1 aromatic heterocycles. The van der Waals surface area contributed by atoms with Gasteiger partial charge in [-0.2, -0.15) is 0 Å². The van der Waals surface area contributed by atoms with E-state index in [4.69, 9.17) is 4.98 Å². The van der Waals surface area contributed by atoms with Crippen molar-refractivity contribution in [1.29, 1.82) is 0 Å². The Morgan fingerprint density at radius 1 is 1.08 bits per heavy atom. The fourth-order valence-electron chi connectivity index (χ4n) is 2.63. The molecular formula is C20H23N3OS2. The Hall–Kier alpha value is -1.89. The van der Waals surface area contributed by atoms with E-state index in [-0.39, 0.29) is 5.91 Å². The molecule has 1 heterocycles. The molecule has 0 N–H and O–H groups in total. The van der Waals surface area contributed by atoms with Crippen molar-refractivity contribution in [2.75, 3.05) is 37.8 Å². The molecule has 0 radical (unpaired) electrons. The van der Waals surface area contributed by atoms with Crippen molar-refractivity contribution < 1.29 is 4.79 Å². The number of nitrogens with zero attached hydrogens (tertiary/aromatic N) is 3. The minimum absolute atomic E-state index is 0.0162. The second kappa shape index (κ2) is 8.66. The van der Waals surface area contributed by atoms with Crippen LogP contribution < -0.4 is 4.90 Å². The van der Waals surface area contributed by atoms with E-state index < -0.39 is 0 Å². The third kappa shape index (κ3) is 4.26. The second-order valence-corrected chi connectivity index (χ2v) is 8.47. The van der Waals surface area contributed by atoms with Crippen LogP contribution in [0.25, 0.3) is 10.2 Å². The first-order chi connectivity index (χ1) is 12.6. The maximum absolute atomic E-state index is 13.4. The standard InChI is InChI=1S/C20H23N3OS2/c1-4-25-17-11-7-5-9-15(17)19(24)23(14-13-22(2)3)20-21-16-10-6-8-12-18(16)26-20/h5-12H,4,13-14H2,1-3H3. The Balaban J connectivity index is 1.99. The van der Waals surface area contributed by atoms with E-state index in [1.807, 2.05) is 67.5 Å². The summed E-state index contributed by atoms with van der Waals surface area (Å²) in [5, 5.41) is 0.759. The van der Waals surface area contributed by atoms with Crippen LogP contribution in [0.1, 0.15) is 17.3 Å². The van der Waals surface area contributed by atoms with Crippen molar-refractivity contribution in [3.05, 3.63) is 54.1 Å². The highest BCUT2D eigenvalue weighted by atomic mass is 32.2. The number of hydrogen-bond acceptors (Lipinski definition) is 5. The molecule has 0 saturated carbocycles. The summed E-state index contributed by atoms with van der Waals surface area (Å²) < 4.78 is 1.10. The van der Waals surface area contributed by atoms with Gasteiger partial charge in [0.1, 0.15) is 0 Å². The molecular weight excluding hydrogens is 362 g/mol. The first-order valence-electron chi connectivity index (χ1n) is 8.64. The monoisotopic (exact) mass is 385 g/mol. The lowest BCUT2D eigenvalue weighted by atomic mass is 10.2. The van der Waals surface area contributed by atoms with Crippen molar-refractivity contribution in [1.82, 2.24) is 9.88 Å². The topological polar surface area (TPSA) is 36.4 Å². The molecule has 26 heavy (non-hydrogen) atoms. The van der Waals surface area contributed by atoms with E-state index in [9.17, 15) is 4.79 Å². The third-order valence-electron chi connectivity index (χ3n) is 3.95. The summed E-state index contributed by atoms with van der Waals surface area (Å²) in [6.45, 7) is 3.49. The molecule has 0 spiro atoms. The van der Waals surface area contributed by atoms with Crippen LogP contribution in [0.2, 0.25) is 0 Å². The number of rotatable bonds is 7. The predicted molar refractivity (Wildman–Crippen MR) is 113 cm³/mol. The quantitative estimate of drug-likeness (QED) is 0.556. The molecule has 2 aromatic carbocycles. The molecule has 3 aromatic rings. The summed E-state index contributed by atoms with van der Waals surface area (Å²) in [6, 6.07) is 15.9. The lowest BCUT2D eigenvalue weighted by Crippen LogP contribution is -2.37. The van der Waals surface area contributed by atoms with E-state index in [2.05, 4.69) is 11.8 Å². The SMILES string of the molecule is CCSc1ccccc1C(=O)N(CCN(C)C)c1nc2ccccc2s1. The Labute approximate surface area is 162 Å². The summed E-state index contributed by atoms with van der Waals surface area (Å²) in [7, 11) is 4.03. The van der Waals surface area contributed by atoms with Gasteiger partial charge in [0.25, 0.3) is 5.91 Å². The first-order valence-corrected chi connectivity index (χ1v) is 10.4. The number of amides is 1. The van der Waals surface area contributed by atoms with Gasteiger partial charge in [-0.15, -0.1) is 11.8 Å². The van der Waals surface area contributed by atoms with Crippen LogP contribution in [0.15, 0.2) is 53.4 Å². The molecule has 0 aliphatic carbocycles. The summed E-state index contributed by atoms with van der Waals surface area (Å²) in [5.74, 6) is 0.950. The Morgan fingerprint density at radius 3 is 2.54 bits per heavy atom. The average molecular weight is 386 g/mol. The van der Waals surface area contributed by atoms with Crippen LogP contribution in [0.3, 0.4) is 0 Å². The van der Waals surface area contributed by atoms with Crippen molar-refractivity contribution in [2.24, 2.45) is 0 Å². The predicted octanol–water partition coefficient (Wildman–Crippen LogP) is 4.62. The van der Waals surface area contributed by atoms with Crippen LogP contribution >= 0.6 is 23.1 Å². The number of aromatic nitrogens is 1. The highest BCUT2D eigenvalue weighted by Crippen LogP contribution is 2.31. The maximum Gasteiger partial charge on any atom is 0.261 e.